The van der Waals surface area contributed by atoms with E-state index in [-0.39, 0.29) is 0 Å². The first-order valence-corrected chi connectivity index (χ1v) is 23.1. The molecule has 13 rings (SSSR count). The Morgan fingerprint density at radius 2 is 0.896 bits per heavy atom. The van der Waals surface area contributed by atoms with Crippen molar-refractivity contribution < 1.29 is 4.42 Å². The summed E-state index contributed by atoms with van der Waals surface area (Å²) in [6.07, 6.45) is 6.50. The molecule has 0 aliphatic rings. The Labute approximate surface area is 388 Å². The van der Waals surface area contributed by atoms with Crippen molar-refractivity contribution in [2.45, 2.75) is 6.92 Å². The minimum atomic E-state index is 0.858. The summed E-state index contributed by atoms with van der Waals surface area (Å²) < 4.78 is 9.20. The van der Waals surface area contributed by atoms with Crippen LogP contribution < -0.4 is 0 Å². The average Bonchev–Trinajstić information content (AvgIpc) is 3.94. The molecule has 13 aromatic rings. The number of allylic oxidation sites excluding steroid dienone is 1. The number of aromatic nitrogens is 1. The van der Waals surface area contributed by atoms with E-state index in [4.69, 9.17) is 4.42 Å². The molecule has 67 heavy (non-hydrogen) atoms. The molecule has 0 aliphatic heterocycles. The molecule has 2 heterocycles. The quantitative estimate of drug-likeness (QED) is 0.146. The third kappa shape index (κ3) is 5.83. The fraction of sp³-hybridized carbons (Fsp3) is 0.0154. The molecule has 0 radical (unpaired) electrons. The zero-order valence-electron chi connectivity index (χ0n) is 37.0. The fourth-order valence-electron chi connectivity index (χ4n) is 11.2. The van der Waals surface area contributed by atoms with E-state index in [9.17, 15) is 0 Å². The molecular weight excluding hydrogens is 811 g/mol. The van der Waals surface area contributed by atoms with E-state index in [1.807, 2.05) is 0 Å². The molecule has 0 amide bonds. The average molecular weight is 854 g/mol. The lowest BCUT2D eigenvalue weighted by molar-refractivity contribution is 0.669. The number of hydrogen-bond donors (Lipinski definition) is 0. The van der Waals surface area contributed by atoms with E-state index < -0.39 is 0 Å². The van der Waals surface area contributed by atoms with Crippen LogP contribution in [0.2, 0.25) is 0 Å². The zero-order valence-corrected chi connectivity index (χ0v) is 37.0. The lowest BCUT2D eigenvalue weighted by atomic mass is 9.81. The van der Waals surface area contributed by atoms with E-state index in [2.05, 4.69) is 249 Å². The number of rotatable bonds is 7. The van der Waals surface area contributed by atoms with Crippen LogP contribution in [0.25, 0.3) is 138 Å². The van der Waals surface area contributed by atoms with Gasteiger partial charge in [-0.2, -0.15) is 0 Å². The van der Waals surface area contributed by atoms with Gasteiger partial charge >= 0.3 is 0 Å². The summed E-state index contributed by atoms with van der Waals surface area (Å²) in [4.78, 5) is 0. The van der Waals surface area contributed by atoms with Crippen LogP contribution in [0.1, 0.15) is 18.1 Å². The third-order valence-corrected chi connectivity index (χ3v) is 13.9. The van der Waals surface area contributed by atoms with Gasteiger partial charge in [-0.1, -0.05) is 195 Å². The molecule has 0 unspecified atom stereocenters. The van der Waals surface area contributed by atoms with Crippen molar-refractivity contribution in [2.24, 2.45) is 0 Å². The summed E-state index contributed by atoms with van der Waals surface area (Å²) in [6, 6.07) is 77.0. The Hall–Kier alpha value is -8.72. The molecule has 2 aromatic heterocycles. The maximum absolute atomic E-state index is 6.81. The first-order chi connectivity index (χ1) is 33.2. The van der Waals surface area contributed by atoms with Gasteiger partial charge in [0.05, 0.1) is 11.0 Å². The van der Waals surface area contributed by atoms with Crippen molar-refractivity contribution in [1.29, 1.82) is 0 Å². The second-order valence-electron chi connectivity index (χ2n) is 17.4. The van der Waals surface area contributed by atoms with Crippen LogP contribution in [0.4, 0.5) is 0 Å². The molecule has 0 atom stereocenters. The largest absolute Gasteiger partial charge is 0.456 e. The van der Waals surface area contributed by atoms with Crippen molar-refractivity contribution in [1.82, 2.24) is 4.57 Å². The van der Waals surface area contributed by atoms with E-state index >= 15 is 0 Å². The number of nitrogens with zero attached hydrogens (tertiary/aromatic N) is 1. The van der Waals surface area contributed by atoms with Crippen LogP contribution in [0.5, 0.6) is 0 Å². The standard InChI is InChI=1S/C65H43NO/c1-3-21-45-44(4-2)62(53-33-19-36-57-64(53)52-32-17-18-35-56(52)66(57)43-24-9-6-10-25-43)50-30-15-16-31-51(50)63(45)54-34-20-37-59-65(54)55-40-42(38-39-58(55)67-59)61-48-28-13-11-26-46(48)60(41-22-7-5-8-23-41)47-27-12-14-29-49(47)61/h3-40H,2H2,1H3/b21-3-. The van der Waals surface area contributed by atoms with Crippen LogP contribution in [0.15, 0.2) is 229 Å². The lowest BCUT2D eigenvalue weighted by Crippen LogP contribution is -1.97. The van der Waals surface area contributed by atoms with Crippen LogP contribution in [-0.4, -0.2) is 4.57 Å². The van der Waals surface area contributed by atoms with Crippen molar-refractivity contribution in [2.75, 3.05) is 0 Å². The van der Waals surface area contributed by atoms with Crippen molar-refractivity contribution in [3.8, 4) is 50.2 Å². The smallest absolute Gasteiger partial charge is 0.136 e. The minimum absolute atomic E-state index is 0.858. The molecule has 0 fully saturated rings. The van der Waals surface area contributed by atoms with Gasteiger partial charge in [0.15, 0.2) is 0 Å². The molecule has 0 bridgehead atoms. The molecule has 0 aliphatic carbocycles. The number of furan rings is 1. The fourth-order valence-corrected chi connectivity index (χ4v) is 11.2. The highest BCUT2D eigenvalue weighted by Crippen LogP contribution is 2.50. The molecule has 2 nitrogen and oxygen atoms in total. The maximum Gasteiger partial charge on any atom is 0.136 e. The predicted molar refractivity (Wildman–Crippen MR) is 287 cm³/mol. The molecule has 0 N–H and O–H groups in total. The second-order valence-corrected chi connectivity index (χ2v) is 17.4. The molecule has 0 spiro atoms. The summed E-state index contributed by atoms with van der Waals surface area (Å²) in [6.45, 7) is 6.67. The predicted octanol–water partition coefficient (Wildman–Crippen LogP) is 18.5. The van der Waals surface area contributed by atoms with Crippen LogP contribution in [-0.2, 0) is 0 Å². The summed E-state index contributed by atoms with van der Waals surface area (Å²) in [5.41, 5.74) is 16.9. The van der Waals surface area contributed by atoms with Crippen molar-refractivity contribution in [3.63, 3.8) is 0 Å². The third-order valence-electron chi connectivity index (χ3n) is 13.9. The number of hydrogen-bond acceptors (Lipinski definition) is 1. The summed E-state index contributed by atoms with van der Waals surface area (Å²) in [7, 11) is 0. The van der Waals surface area contributed by atoms with Gasteiger partial charge < -0.3 is 8.98 Å². The van der Waals surface area contributed by atoms with E-state index in [1.165, 1.54) is 81.9 Å². The Morgan fingerprint density at radius 3 is 1.52 bits per heavy atom. The Morgan fingerprint density at radius 1 is 0.388 bits per heavy atom. The van der Waals surface area contributed by atoms with Gasteiger partial charge in [0, 0.05) is 27.2 Å². The first kappa shape index (κ1) is 38.7. The van der Waals surface area contributed by atoms with Crippen molar-refractivity contribution in [3.05, 3.63) is 236 Å². The summed E-state index contributed by atoms with van der Waals surface area (Å²) in [5, 5.41) is 11.9. The lowest BCUT2D eigenvalue weighted by Gasteiger charge is -2.21. The Bertz CT molecular complexity index is 4110. The van der Waals surface area contributed by atoms with Gasteiger partial charge in [0.1, 0.15) is 11.2 Å². The van der Waals surface area contributed by atoms with E-state index in [0.717, 1.165) is 55.4 Å². The highest BCUT2D eigenvalue weighted by Gasteiger charge is 2.25. The van der Waals surface area contributed by atoms with Crippen LogP contribution in [0.3, 0.4) is 0 Å². The summed E-state index contributed by atoms with van der Waals surface area (Å²) >= 11 is 0. The van der Waals surface area contributed by atoms with Gasteiger partial charge in [0.2, 0.25) is 0 Å². The Balaban J connectivity index is 1.10. The number of fused-ring (bicyclic) bond motifs is 9. The SMILES string of the molecule is C=Cc1c(/C=C\C)c(-c2cccc3oc4ccc(-c5c6ccccc6c(-c6ccccc6)c6ccccc56)cc4c23)c2ccccc2c1-c1cccc2c1c1ccccc1n2-c1ccccc1. The number of benzene rings is 11. The zero-order chi connectivity index (χ0) is 44.6. The van der Waals surface area contributed by atoms with Crippen molar-refractivity contribution >= 4 is 88.2 Å². The van der Waals surface area contributed by atoms with Crippen LogP contribution in [0, 0.1) is 0 Å². The molecule has 2 heteroatoms. The molecule has 11 aromatic carbocycles. The van der Waals surface area contributed by atoms with Gasteiger partial charge in [-0.05, 0) is 137 Å². The molecule has 0 saturated heterocycles. The Kier molecular flexibility index (Phi) is 8.94. The molecule has 314 valence electrons. The van der Waals surface area contributed by atoms with E-state index in [0.29, 0.717) is 0 Å². The maximum atomic E-state index is 6.81. The van der Waals surface area contributed by atoms with Gasteiger partial charge in [-0.3, -0.25) is 0 Å². The monoisotopic (exact) mass is 853 g/mol. The van der Waals surface area contributed by atoms with Gasteiger partial charge in [-0.15, -0.1) is 0 Å². The first-order valence-electron chi connectivity index (χ1n) is 23.1. The van der Waals surface area contributed by atoms with Gasteiger partial charge in [-0.25, -0.2) is 0 Å². The summed E-state index contributed by atoms with van der Waals surface area (Å²) in [5.74, 6) is 0. The molecular formula is C65H43NO. The topological polar surface area (TPSA) is 18.1 Å². The minimum Gasteiger partial charge on any atom is -0.456 e. The normalized spacial score (nSPS) is 12.0. The van der Waals surface area contributed by atoms with Crippen LogP contribution >= 0.6 is 0 Å². The second kappa shape index (κ2) is 15.5. The highest BCUT2D eigenvalue weighted by atomic mass is 16.3. The van der Waals surface area contributed by atoms with Gasteiger partial charge in [0.25, 0.3) is 0 Å². The number of para-hydroxylation sites is 2. The molecule has 0 saturated carbocycles. The highest BCUT2D eigenvalue weighted by molar-refractivity contribution is 6.25. The van der Waals surface area contributed by atoms with E-state index in [1.54, 1.807) is 0 Å².